The smallest absolute Gasteiger partial charge is 0.330 e. The first-order valence-corrected chi connectivity index (χ1v) is 5.34. The third-order valence-electron chi connectivity index (χ3n) is 2.38. The zero-order chi connectivity index (χ0) is 12.6. The Bertz CT molecular complexity index is 268. The van der Waals surface area contributed by atoms with Crippen LogP contribution in [-0.2, 0) is 19.1 Å². The molecule has 0 rings (SSSR count). The predicted octanol–water partition coefficient (Wildman–Crippen LogP) is 2.09. The number of rotatable bonds is 6. The van der Waals surface area contributed by atoms with Crippen molar-refractivity contribution in [1.82, 2.24) is 0 Å². The highest BCUT2D eigenvalue weighted by atomic mass is 16.5. The van der Waals surface area contributed by atoms with Gasteiger partial charge in [-0.05, 0) is 26.2 Å². The molecule has 0 fully saturated rings. The molecule has 0 amide bonds. The van der Waals surface area contributed by atoms with Crippen LogP contribution in [-0.4, -0.2) is 26.2 Å². The molecule has 0 N–H and O–H groups in total. The topological polar surface area (TPSA) is 52.6 Å². The highest BCUT2D eigenvalue weighted by Gasteiger charge is 2.12. The SMILES string of the molecule is COC(=O)/C=C(\C)CCC[C@H](C)C(=O)OC. The Labute approximate surface area is 96.6 Å². The molecule has 0 aromatic rings. The summed E-state index contributed by atoms with van der Waals surface area (Å²) in [6.45, 7) is 3.71. The molecule has 0 saturated heterocycles. The quantitative estimate of drug-likeness (QED) is 0.516. The maximum absolute atomic E-state index is 11.1. The summed E-state index contributed by atoms with van der Waals surface area (Å²) in [4.78, 5) is 22.0. The average molecular weight is 228 g/mol. The minimum atomic E-state index is -0.335. The van der Waals surface area contributed by atoms with Gasteiger partial charge in [-0.3, -0.25) is 4.79 Å². The number of hydrogen-bond acceptors (Lipinski definition) is 4. The third kappa shape index (κ3) is 6.22. The molecule has 0 heterocycles. The minimum absolute atomic E-state index is 0.0871. The summed E-state index contributed by atoms with van der Waals surface area (Å²) < 4.78 is 9.14. The number of carbonyl (C=O) groups excluding carboxylic acids is 2. The molecule has 0 bridgehead atoms. The van der Waals surface area contributed by atoms with Crippen LogP contribution in [0.15, 0.2) is 11.6 Å². The molecule has 0 radical (unpaired) electrons. The number of esters is 2. The Hall–Kier alpha value is -1.32. The van der Waals surface area contributed by atoms with Crippen LogP contribution < -0.4 is 0 Å². The van der Waals surface area contributed by atoms with E-state index in [1.54, 1.807) is 0 Å². The van der Waals surface area contributed by atoms with E-state index in [1.165, 1.54) is 20.3 Å². The van der Waals surface area contributed by atoms with Crippen molar-refractivity contribution in [2.45, 2.75) is 33.1 Å². The molecule has 4 nitrogen and oxygen atoms in total. The van der Waals surface area contributed by atoms with Crippen LogP contribution in [0.25, 0.3) is 0 Å². The molecule has 0 saturated carbocycles. The number of allylic oxidation sites excluding steroid dienone is 1. The molecule has 16 heavy (non-hydrogen) atoms. The van der Waals surface area contributed by atoms with E-state index in [2.05, 4.69) is 9.47 Å². The maximum Gasteiger partial charge on any atom is 0.330 e. The van der Waals surface area contributed by atoms with Gasteiger partial charge in [-0.1, -0.05) is 12.5 Å². The van der Waals surface area contributed by atoms with Gasteiger partial charge in [-0.15, -0.1) is 0 Å². The normalized spacial score (nSPS) is 13.1. The summed E-state index contributed by atoms with van der Waals surface area (Å²) in [7, 11) is 2.74. The Morgan fingerprint density at radius 1 is 1.25 bits per heavy atom. The lowest BCUT2D eigenvalue weighted by Crippen LogP contribution is -2.12. The average Bonchev–Trinajstić information content (AvgIpc) is 2.27. The Kier molecular flexibility index (Phi) is 7.25. The largest absolute Gasteiger partial charge is 0.469 e. The van der Waals surface area contributed by atoms with Gasteiger partial charge in [0.15, 0.2) is 0 Å². The summed E-state index contributed by atoms with van der Waals surface area (Å²) >= 11 is 0. The zero-order valence-corrected chi connectivity index (χ0v) is 10.4. The lowest BCUT2D eigenvalue weighted by atomic mass is 10.0. The van der Waals surface area contributed by atoms with E-state index in [-0.39, 0.29) is 17.9 Å². The van der Waals surface area contributed by atoms with Crippen molar-refractivity contribution >= 4 is 11.9 Å². The van der Waals surface area contributed by atoms with Crippen molar-refractivity contribution in [3.63, 3.8) is 0 Å². The number of methoxy groups -OCH3 is 2. The van der Waals surface area contributed by atoms with Crippen LogP contribution in [0.4, 0.5) is 0 Å². The van der Waals surface area contributed by atoms with Crippen LogP contribution >= 0.6 is 0 Å². The lowest BCUT2D eigenvalue weighted by molar-refractivity contribution is -0.145. The summed E-state index contributed by atoms with van der Waals surface area (Å²) in [6.07, 6.45) is 3.88. The summed E-state index contributed by atoms with van der Waals surface area (Å²) in [5.41, 5.74) is 0.962. The van der Waals surface area contributed by atoms with E-state index in [9.17, 15) is 9.59 Å². The zero-order valence-electron chi connectivity index (χ0n) is 10.4. The molecule has 0 aromatic carbocycles. The van der Waals surface area contributed by atoms with Crippen LogP contribution in [0.1, 0.15) is 33.1 Å². The van der Waals surface area contributed by atoms with Crippen LogP contribution in [0.3, 0.4) is 0 Å². The van der Waals surface area contributed by atoms with E-state index in [0.29, 0.717) is 0 Å². The lowest BCUT2D eigenvalue weighted by Gasteiger charge is -2.08. The van der Waals surface area contributed by atoms with E-state index in [0.717, 1.165) is 24.8 Å². The first-order valence-electron chi connectivity index (χ1n) is 5.34. The number of ether oxygens (including phenoxy) is 2. The van der Waals surface area contributed by atoms with Crippen molar-refractivity contribution < 1.29 is 19.1 Å². The fourth-order valence-electron chi connectivity index (χ4n) is 1.34. The first kappa shape index (κ1) is 14.7. The molecule has 0 unspecified atom stereocenters. The third-order valence-corrected chi connectivity index (χ3v) is 2.38. The molecular formula is C12H20O4. The highest BCUT2D eigenvalue weighted by molar-refractivity contribution is 5.82. The van der Waals surface area contributed by atoms with Crippen LogP contribution in [0, 0.1) is 5.92 Å². The van der Waals surface area contributed by atoms with Gasteiger partial charge in [0.25, 0.3) is 0 Å². The van der Waals surface area contributed by atoms with Gasteiger partial charge >= 0.3 is 11.9 Å². The van der Waals surface area contributed by atoms with Crippen LogP contribution in [0.5, 0.6) is 0 Å². The molecule has 1 atom stereocenters. The fourth-order valence-corrected chi connectivity index (χ4v) is 1.34. The van der Waals surface area contributed by atoms with Crippen molar-refractivity contribution in [2.75, 3.05) is 14.2 Å². The molecule has 0 aromatic heterocycles. The van der Waals surface area contributed by atoms with Gasteiger partial charge in [-0.2, -0.15) is 0 Å². The summed E-state index contributed by atoms with van der Waals surface area (Å²) in [6, 6.07) is 0. The van der Waals surface area contributed by atoms with Crippen molar-refractivity contribution in [2.24, 2.45) is 5.92 Å². The summed E-state index contributed by atoms with van der Waals surface area (Å²) in [5, 5.41) is 0. The highest BCUT2D eigenvalue weighted by Crippen LogP contribution is 2.13. The standard InChI is InChI=1S/C12H20O4/c1-9(8-11(13)15-3)6-5-7-10(2)12(14)16-4/h8,10H,5-7H2,1-4H3/b9-8+/t10-/m0/s1. The first-order chi connectivity index (χ1) is 7.51. The summed E-state index contributed by atoms with van der Waals surface area (Å²) in [5.74, 6) is -0.607. The Morgan fingerprint density at radius 2 is 1.88 bits per heavy atom. The van der Waals surface area contributed by atoms with E-state index >= 15 is 0 Å². The van der Waals surface area contributed by atoms with E-state index in [4.69, 9.17) is 0 Å². The molecule has 0 spiro atoms. The Morgan fingerprint density at radius 3 is 2.38 bits per heavy atom. The van der Waals surface area contributed by atoms with E-state index < -0.39 is 0 Å². The minimum Gasteiger partial charge on any atom is -0.469 e. The molecule has 0 aliphatic carbocycles. The van der Waals surface area contributed by atoms with E-state index in [1.807, 2.05) is 13.8 Å². The van der Waals surface area contributed by atoms with Gasteiger partial charge < -0.3 is 9.47 Å². The second-order valence-corrected chi connectivity index (χ2v) is 3.83. The molecule has 0 aliphatic rings. The molecular weight excluding hydrogens is 208 g/mol. The van der Waals surface area contributed by atoms with Gasteiger partial charge in [0, 0.05) is 6.08 Å². The predicted molar refractivity (Wildman–Crippen MR) is 60.8 cm³/mol. The second kappa shape index (κ2) is 7.91. The fraction of sp³-hybridized carbons (Fsp3) is 0.667. The molecule has 0 aliphatic heterocycles. The van der Waals surface area contributed by atoms with Crippen molar-refractivity contribution in [3.8, 4) is 0 Å². The monoisotopic (exact) mass is 228 g/mol. The molecule has 92 valence electrons. The van der Waals surface area contributed by atoms with Crippen molar-refractivity contribution in [3.05, 3.63) is 11.6 Å². The number of carbonyl (C=O) groups is 2. The van der Waals surface area contributed by atoms with Gasteiger partial charge in [0.2, 0.25) is 0 Å². The second-order valence-electron chi connectivity index (χ2n) is 3.83. The Balaban J connectivity index is 3.86. The van der Waals surface area contributed by atoms with Gasteiger partial charge in [0.1, 0.15) is 0 Å². The van der Waals surface area contributed by atoms with Crippen molar-refractivity contribution in [1.29, 1.82) is 0 Å². The molecule has 4 heteroatoms. The van der Waals surface area contributed by atoms with Gasteiger partial charge in [-0.25, -0.2) is 4.79 Å². The van der Waals surface area contributed by atoms with Crippen LogP contribution in [0.2, 0.25) is 0 Å². The maximum atomic E-state index is 11.1. The number of hydrogen-bond donors (Lipinski definition) is 0. The van der Waals surface area contributed by atoms with Gasteiger partial charge in [0.05, 0.1) is 20.1 Å².